The maximum absolute atomic E-state index is 12.1. The third kappa shape index (κ3) is 4.61. The quantitative estimate of drug-likeness (QED) is 0.664. The van der Waals surface area contributed by atoms with E-state index in [2.05, 4.69) is 24.1 Å². The number of hydrogen-bond donors (Lipinski definition) is 3. The van der Waals surface area contributed by atoms with Gasteiger partial charge in [-0.05, 0) is 41.1 Å². The highest BCUT2D eigenvalue weighted by molar-refractivity contribution is 7.89. The Labute approximate surface area is 139 Å². The van der Waals surface area contributed by atoms with Gasteiger partial charge in [-0.1, -0.05) is 19.9 Å². The summed E-state index contributed by atoms with van der Waals surface area (Å²) in [5.74, 6) is -0.745. The molecule has 2 rings (SSSR count). The number of benzene rings is 1. The molecule has 23 heavy (non-hydrogen) atoms. The minimum Gasteiger partial charge on any atom is -0.478 e. The van der Waals surface area contributed by atoms with Gasteiger partial charge >= 0.3 is 5.97 Å². The molecule has 1 aromatic heterocycles. The number of carboxylic acids is 1. The van der Waals surface area contributed by atoms with Crippen LogP contribution in [0.3, 0.4) is 0 Å². The van der Waals surface area contributed by atoms with Crippen molar-refractivity contribution in [3.05, 3.63) is 51.7 Å². The zero-order valence-electron chi connectivity index (χ0n) is 12.7. The van der Waals surface area contributed by atoms with Crippen molar-refractivity contribution in [1.29, 1.82) is 0 Å². The van der Waals surface area contributed by atoms with Crippen molar-refractivity contribution in [2.45, 2.75) is 31.2 Å². The van der Waals surface area contributed by atoms with Crippen LogP contribution in [0, 0.1) is 0 Å². The Morgan fingerprint density at radius 2 is 2.04 bits per heavy atom. The highest BCUT2D eigenvalue weighted by Crippen LogP contribution is 2.21. The summed E-state index contributed by atoms with van der Waals surface area (Å²) in [5, 5.41) is 11.0. The minimum absolute atomic E-state index is 0.0762. The Kier molecular flexibility index (Phi) is 5.53. The summed E-state index contributed by atoms with van der Waals surface area (Å²) >= 11 is 1.56. The summed E-state index contributed by atoms with van der Waals surface area (Å²) in [4.78, 5) is 14.1. The first-order valence-electron chi connectivity index (χ1n) is 6.95. The van der Waals surface area contributed by atoms with Crippen molar-refractivity contribution in [2.24, 2.45) is 0 Å². The van der Waals surface area contributed by atoms with Gasteiger partial charge in [0.25, 0.3) is 10.0 Å². The average molecular weight is 354 g/mol. The Hall–Kier alpha value is -1.74. The van der Waals surface area contributed by atoms with Gasteiger partial charge in [-0.25, -0.2) is 18.6 Å². The van der Waals surface area contributed by atoms with E-state index in [1.807, 2.05) is 11.4 Å². The van der Waals surface area contributed by atoms with Crippen LogP contribution >= 0.6 is 11.3 Å². The molecule has 2 aromatic rings. The minimum atomic E-state index is -3.82. The number of aromatic carboxylic acids is 1. The first-order chi connectivity index (χ1) is 10.8. The van der Waals surface area contributed by atoms with Gasteiger partial charge < -0.3 is 5.11 Å². The van der Waals surface area contributed by atoms with Crippen LogP contribution in [0.5, 0.6) is 0 Å². The molecular formula is C15H18N2O4S2. The lowest BCUT2D eigenvalue weighted by atomic mass is 10.1. The molecular weight excluding hydrogens is 336 g/mol. The number of rotatable bonds is 7. The number of thiophene rings is 1. The predicted octanol–water partition coefficient (Wildman–Crippen LogP) is 2.55. The normalized spacial score (nSPS) is 11.8. The summed E-state index contributed by atoms with van der Waals surface area (Å²) in [6, 6.07) is 7.23. The van der Waals surface area contributed by atoms with Gasteiger partial charge in [-0.2, -0.15) is 0 Å². The summed E-state index contributed by atoms with van der Waals surface area (Å²) in [7, 11) is -3.82. The van der Waals surface area contributed by atoms with Crippen LogP contribution in [0.25, 0.3) is 0 Å². The molecule has 0 saturated carbocycles. The summed E-state index contributed by atoms with van der Waals surface area (Å²) in [6.07, 6.45) is 0. The average Bonchev–Trinajstić information content (AvgIpc) is 2.96. The molecule has 0 saturated heterocycles. The molecule has 0 aliphatic heterocycles. The topological polar surface area (TPSA) is 95.5 Å². The van der Waals surface area contributed by atoms with Crippen LogP contribution in [0.4, 0.5) is 0 Å². The van der Waals surface area contributed by atoms with Crippen LogP contribution in [-0.4, -0.2) is 19.5 Å². The molecule has 1 heterocycles. The van der Waals surface area contributed by atoms with E-state index in [4.69, 9.17) is 5.11 Å². The first kappa shape index (κ1) is 17.6. The highest BCUT2D eigenvalue weighted by Gasteiger charge is 2.15. The van der Waals surface area contributed by atoms with Gasteiger partial charge in [0.15, 0.2) is 0 Å². The monoisotopic (exact) mass is 354 g/mol. The third-order valence-electron chi connectivity index (χ3n) is 3.20. The Balaban J connectivity index is 2.01. The van der Waals surface area contributed by atoms with E-state index in [9.17, 15) is 13.2 Å². The van der Waals surface area contributed by atoms with Crippen molar-refractivity contribution >= 4 is 27.3 Å². The number of hydrazine groups is 1. The second-order valence-electron chi connectivity index (χ2n) is 5.29. The molecule has 0 amide bonds. The van der Waals surface area contributed by atoms with Gasteiger partial charge in [0, 0.05) is 11.4 Å². The zero-order valence-corrected chi connectivity index (χ0v) is 14.4. The molecule has 0 spiro atoms. The van der Waals surface area contributed by atoms with Crippen molar-refractivity contribution in [2.75, 3.05) is 0 Å². The lowest BCUT2D eigenvalue weighted by molar-refractivity contribution is 0.0696. The fourth-order valence-electron chi connectivity index (χ4n) is 1.87. The Bertz CT molecular complexity index is 797. The van der Waals surface area contributed by atoms with Crippen molar-refractivity contribution < 1.29 is 18.3 Å². The van der Waals surface area contributed by atoms with Gasteiger partial charge in [0.1, 0.15) is 0 Å². The van der Waals surface area contributed by atoms with Crippen molar-refractivity contribution in [1.82, 2.24) is 10.3 Å². The van der Waals surface area contributed by atoms with E-state index < -0.39 is 16.0 Å². The van der Waals surface area contributed by atoms with Crippen LogP contribution < -0.4 is 10.3 Å². The van der Waals surface area contributed by atoms with Gasteiger partial charge in [-0.3, -0.25) is 0 Å². The Morgan fingerprint density at radius 1 is 1.30 bits per heavy atom. The van der Waals surface area contributed by atoms with Gasteiger partial charge in [0.05, 0.1) is 10.5 Å². The van der Waals surface area contributed by atoms with Crippen LogP contribution in [-0.2, 0) is 16.6 Å². The fourth-order valence-corrected chi connectivity index (χ4v) is 3.77. The molecule has 0 aliphatic carbocycles. The lowest BCUT2D eigenvalue weighted by Gasteiger charge is -2.08. The van der Waals surface area contributed by atoms with Gasteiger partial charge in [0.2, 0.25) is 0 Å². The number of nitrogens with one attached hydrogen (secondary N) is 2. The molecule has 0 fully saturated rings. The molecule has 6 nitrogen and oxygen atoms in total. The number of carbonyl (C=O) groups is 1. The second-order valence-corrected chi connectivity index (χ2v) is 7.97. The van der Waals surface area contributed by atoms with E-state index in [0.29, 0.717) is 12.5 Å². The maximum Gasteiger partial charge on any atom is 0.335 e. The molecule has 0 radical (unpaired) electrons. The third-order valence-corrected chi connectivity index (χ3v) is 5.44. The molecule has 124 valence electrons. The standard InChI is InChI=1S/C15H18N2O4S2/c1-10(2)12-6-13(22-9-12)8-16-17-23(20,21)14-5-3-4-11(7-14)15(18)19/h3-7,9-10,16-17H,8H2,1-2H3,(H,18,19). The maximum atomic E-state index is 12.1. The van der Waals surface area contributed by atoms with Crippen molar-refractivity contribution in [3.63, 3.8) is 0 Å². The van der Waals surface area contributed by atoms with E-state index in [1.165, 1.54) is 23.8 Å². The fraction of sp³-hybridized carbons (Fsp3) is 0.267. The van der Waals surface area contributed by atoms with E-state index >= 15 is 0 Å². The summed E-state index contributed by atoms with van der Waals surface area (Å²) in [6.45, 7) is 4.55. The first-order valence-corrected chi connectivity index (χ1v) is 9.31. The van der Waals surface area contributed by atoms with E-state index in [0.717, 1.165) is 10.9 Å². The molecule has 0 atom stereocenters. The smallest absolute Gasteiger partial charge is 0.335 e. The number of sulfonamides is 1. The molecule has 0 unspecified atom stereocenters. The molecule has 3 N–H and O–H groups in total. The summed E-state index contributed by atoms with van der Waals surface area (Å²) < 4.78 is 24.3. The van der Waals surface area contributed by atoms with Gasteiger partial charge in [-0.15, -0.1) is 16.2 Å². The Morgan fingerprint density at radius 3 is 2.65 bits per heavy atom. The largest absolute Gasteiger partial charge is 0.478 e. The second kappa shape index (κ2) is 7.22. The zero-order chi connectivity index (χ0) is 17.0. The molecule has 0 bridgehead atoms. The number of carboxylic acid groups (broad SMARTS) is 1. The predicted molar refractivity (Wildman–Crippen MR) is 89.0 cm³/mol. The highest BCUT2D eigenvalue weighted by atomic mass is 32.2. The van der Waals surface area contributed by atoms with Crippen LogP contribution in [0.2, 0.25) is 0 Å². The molecule has 8 heteroatoms. The summed E-state index contributed by atoms with van der Waals surface area (Å²) in [5.41, 5.74) is 3.80. The lowest BCUT2D eigenvalue weighted by Crippen LogP contribution is -2.36. The SMILES string of the molecule is CC(C)c1csc(CNNS(=O)(=O)c2cccc(C(=O)O)c2)c1. The van der Waals surface area contributed by atoms with Crippen molar-refractivity contribution in [3.8, 4) is 0 Å². The number of hydrogen-bond acceptors (Lipinski definition) is 5. The van der Waals surface area contributed by atoms with E-state index in [-0.39, 0.29) is 10.5 Å². The molecule has 1 aromatic carbocycles. The van der Waals surface area contributed by atoms with E-state index in [1.54, 1.807) is 11.3 Å². The van der Waals surface area contributed by atoms with Crippen LogP contribution in [0.15, 0.2) is 40.6 Å². The molecule has 0 aliphatic rings. The van der Waals surface area contributed by atoms with Crippen LogP contribution in [0.1, 0.15) is 40.6 Å².